The molecule has 0 saturated carbocycles. The van der Waals surface area contributed by atoms with Crippen molar-refractivity contribution in [2.75, 3.05) is 34.3 Å². The van der Waals surface area contributed by atoms with Crippen LogP contribution in [-0.4, -0.2) is 70.0 Å². The van der Waals surface area contributed by atoms with E-state index in [9.17, 15) is 15.3 Å². The smallest absolute Gasteiger partial charge is 0.212 e. The molecule has 236 valence electrons. The van der Waals surface area contributed by atoms with Gasteiger partial charge in [-0.1, -0.05) is 18.2 Å². The van der Waals surface area contributed by atoms with Gasteiger partial charge < -0.3 is 40.1 Å². The summed E-state index contributed by atoms with van der Waals surface area (Å²) in [5.41, 5.74) is 5.98. The van der Waals surface area contributed by atoms with E-state index in [1.54, 1.807) is 12.1 Å². The molecule has 0 aromatic heterocycles. The Labute approximate surface area is 261 Å². The predicted octanol–water partition coefficient (Wildman–Crippen LogP) is 5.13. The molecule has 0 spiro atoms. The minimum Gasteiger partial charge on any atom is -0.504 e. The maximum Gasteiger partial charge on any atom is 0.212 e. The van der Waals surface area contributed by atoms with E-state index in [0.29, 0.717) is 35.8 Å². The molecule has 11 rings (SSSR count). The van der Waals surface area contributed by atoms with E-state index in [0.717, 1.165) is 66.4 Å². The molecule has 45 heavy (non-hydrogen) atoms. The van der Waals surface area contributed by atoms with Crippen LogP contribution in [0.15, 0.2) is 54.6 Å². The Bertz CT molecular complexity index is 1760. The van der Waals surface area contributed by atoms with Gasteiger partial charge in [0.2, 0.25) is 11.5 Å². The highest BCUT2D eigenvalue weighted by Crippen LogP contribution is 2.60. The van der Waals surface area contributed by atoms with Gasteiger partial charge in [0.25, 0.3) is 0 Å². The molecule has 0 aliphatic carbocycles. The number of phenolic OH excluding ortho intramolecular Hbond substituents is 3. The van der Waals surface area contributed by atoms with E-state index < -0.39 is 0 Å². The summed E-state index contributed by atoms with van der Waals surface area (Å²) in [6.07, 6.45) is 2.80. The first-order valence-electron chi connectivity index (χ1n) is 14.9. The highest BCUT2D eigenvalue weighted by Gasteiger charge is 2.40. The number of nitrogens with zero attached hydrogens (tertiary/aromatic N) is 2. The first-order valence-corrected chi connectivity index (χ1v) is 14.9. The van der Waals surface area contributed by atoms with Gasteiger partial charge in [0.1, 0.15) is 5.75 Å². The third kappa shape index (κ3) is 5.09. The summed E-state index contributed by atoms with van der Waals surface area (Å²) in [7, 11) is 5.17. The number of phenols is 3. The van der Waals surface area contributed by atoms with Gasteiger partial charge in [0, 0.05) is 43.4 Å². The maximum atomic E-state index is 11.2. The molecule has 0 unspecified atom stereocenters. The number of benzene rings is 4. The zero-order valence-corrected chi connectivity index (χ0v) is 25.5. The lowest BCUT2D eigenvalue weighted by Crippen LogP contribution is -2.35. The molecule has 0 fully saturated rings. The molecular formula is C35H38N2O8. The fourth-order valence-corrected chi connectivity index (χ4v) is 7.03. The lowest BCUT2D eigenvalue weighted by atomic mass is 9.86. The molecule has 7 aliphatic heterocycles. The molecule has 6 N–H and O–H groups in total. The summed E-state index contributed by atoms with van der Waals surface area (Å²) in [4.78, 5) is 4.56. The second-order valence-electron chi connectivity index (χ2n) is 11.9. The summed E-state index contributed by atoms with van der Waals surface area (Å²) in [5.74, 6) is 2.67. The van der Waals surface area contributed by atoms with Crippen LogP contribution in [0.1, 0.15) is 45.5 Å². The van der Waals surface area contributed by atoms with Crippen LogP contribution >= 0.6 is 0 Å². The molecule has 0 radical (unpaired) electrons. The molecule has 10 bridgehead atoms. The first kappa shape index (κ1) is 30.5. The Hall–Kier alpha value is -4.48. The number of aromatic hydroxyl groups is 3. The topological polar surface area (TPSA) is 147 Å². The minimum atomic E-state index is -0.109. The summed E-state index contributed by atoms with van der Waals surface area (Å²) < 4.78 is 19.4. The van der Waals surface area contributed by atoms with Gasteiger partial charge in [-0.3, -0.25) is 9.80 Å². The summed E-state index contributed by atoms with van der Waals surface area (Å²) >= 11 is 0. The fraction of sp³-hybridized carbons (Fsp3) is 0.314. The third-order valence-electron chi connectivity index (χ3n) is 9.32. The van der Waals surface area contributed by atoms with Crippen molar-refractivity contribution in [1.29, 1.82) is 0 Å². The normalized spacial score (nSPS) is 19.5. The molecule has 4 aromatic rings. The van der Waals surface area contributed by atoms with Gasteiger partial charge in [-0.2, -0.15) is 0 Å². The van der Waals surface area contributed by atoms with E-state index in [2.05, 4.69) is 23.9 Å². The van der Waals surface area contributed by atoms with E-state index in [-0.39, 0.29) is 46.3 Å². The van der Waals surface area contributed by atoms with Crippen molar-refractivity contribution < 1.29 is 40.1 Å². The summed E-state index contributed by atoms with van der Waals surface area (Å²) in [5, 5.41) is 40.1. The average Bonchev–Trinajstić information content (AvgIpc) is 3.03. The van der Waals surface area contributed by atoms with Gasteiger partial charge in [-0.15, -0.1) is 0 Å². The van der Waals surface area contributed by atoms with Crippen molar-refractivity contribution in [1.82, 2.24) is 9.80 Å². The summed E-state index contributed by atoms with van der Waals surface area (Å²) in [6.45, 7) is 1.63. The highest BCUT2D eigenvalue weighted by molar-refractivity contribution is 5.71. The number of hydrogen-bond acceptors (Lipinski definition) is 9. The Morgan fingerprint density at radius 3 is 1.62 bits per heavy atom. The maximum absolute atomic E-state index is 11.2. The molecule has 10 heteroatoms. The van der Waals surface area contributed by atoms with E-state index >= 15 is 0 Å². The molecule has 2 atom stereocenters. The Balaban J connectivity index is 0.00000117. The van der Waals surface area contributed by atoms with Crippen molar-refractivity contribution in [3.05, 3.63) is 88.0 Å². The molecule has 10 nitrogen and oxygen atoms in total. The van der Waals surface area contributed by atoms with E-state index in [1.807, 2.05) is 42.5 Å². The molecule has 0 amide bonds. The predicted molar refractivity (Wildman–Crippen MR) is 168 cm³/mol. The number of ether oxygens (including phenoxy) is 3. The van der Waals surface area contributed by atoms with Crippen molar-refractivity contribution in [2.24, 2.45) is 0 Å². The second kappa shape index (κ2) is 11.8. The minimum absolute atomic E-state index is 0. The molecular weight excluding hydrogens is 576 g/mol. The van der Waals surface area contributed by atoms with Gasteiger partial charge in [0.05, 0.1) is 0 Å². The molecule has 4 aromatic carbocycles. The molecule has 0 saturated heterocycles. The van der Waals surface area contributed by atoms with Gasteiger partial charge in [-0.05, 0) is 98.4 Å². The van der Waals surface area contributed by atoms with Crippen molar-refractivity contribution in [2.45, 2.75) is 37.8 Å². The van der Waals surface area contributed by atoms with Gasteiger partial charge in [-0.25, -0.2) is 0 Å². The van der Waals surface area contributed by atoms with Crippen LogP contribution in [0.25, 0.3) is 0 Å². The number of rotatable bonds is 0. The van der Waals surface area contributed by atoms with Crippen molar-refractivity contribution in [3.63, 3.8) is 0 Å². The number of hydrogen-bond donors (Lipinski definition) is 4. The summed E-state index contributed by atoms with van der Waals surface area (Å²) in [6, 6.07) is 16.8. The quantitative estimate of drug-likeness (QED) is 0.186. The van der Waals surface area contributed by atoms with Crippen LogP contribution < -0.4 is 14.2 Å². The first-order chi connectivity index (χ1) is 21.3. The highest BCUT2D eigenvalue weighted by atomic mass is 16.6. The lowest BCUT2D eigenvalue weighted by molar-refractivity contribution is 0.211. The lowest BCUT2D eigenvalue weighted by Gasteiger charge is -2.40. The zero-order chi connectivity index (χ0) is 30.7. The largest absolute Gasteiger partial charge is 0.504 e. The Kier molecular flexibility index (Phi) is 8.00. The van der Waals surface area contributed by atoms with Gasteiger partial charge >= 0.3 is 0 Å². The van der Waals surface area contributed by atoms with Crippen molar-refractivity contribution in [3.8, 4) is 51.7 Å². The van der Waals surface area contributed by atoms with E-state index in [4.69, 9.17) is 19.3 Å². The van der Waals surface area contributed by atoms with Crippen LogP contribution in [0.3, 0.4) is 0 Å². The Morgan fingerprint density at radius 1 is 0.600 bits per heavy atom. The molecule has 7 heterocycles. The van der Waals surface area contributed by atoms with Crippen LogP contribution in [0.4, 0.5) is 0 Å². The van der Waals surface area contributed by atoms with Gasteiger partial charge in [0.15, 0.2) is 34.5 Å². The third-order valence-corrected chi connectivity index (χ3v) is 9.32. The SMILES string of the molecule is CN1CCc2cc(O)c3c4c2[C@@H]1Cc1ccc(cc1)Oc1cc(ccc1O)C[C@H]1c2c(cc(O)c(c2O3)O4)CCN1C.CO.O. The fourth-order valence-electron chi connectivity index (χ4n) is 7.03. The Morgan fingerprint density at radius 2 is 1.09 bits per heavy atom. The van der Waals surface area contributed by atoms with Crippen LogP contribution in [0.2, 0.25) is 0 Å². The number of aliphatic hydroxyl groups is 1. The average molecular weight is 615 g/mol. The zero-order valence-electron chi connectivity index (χ0n) is 25.5. The van der Waals surface area contributed by atoms with E-state index in [1.165, 1.54) is 0 Å². The van der Waals surface area contributed by atoms with Crippen molar-refractivity contribution >= 4 is 0 Å². The standard InChI is InChI=1S/C34H32N2O6.CH4O.H2O/c1-35-11-9-20-16-26(38)31-33-29(20)23(35)13-18-3-6-22(7-4-18)40-28-15-19(5-8-25(28)37)14-24-30-21(10-12-36(24)2)17-27(39)32(41-33)34(30)42-31;1-2;/h3-8,15-17,23-24,37-39H,9-14H2,1-2H3;2H,1H3;1H2/t23-,24-;;/m0../s1. The second-order valence-corrected chi connectivity index (χ2v) is 11.9. The van der Waals surface area contributed by atoms with Crippen LogP contribution in [0.5, 0.6) is 51.7 Å². The number of likely N-dealkylation sites (N-methyl/N-ethyl adjacent to an activating group) is 2. The monoisotopic (exact) mass is 614 g/mol. The van der Waals surface area contributed by atoms with Crippen LogP contribution in [-0.2, 0) is 25.7 Å². The van der Waals surface area contributed by atoms with Crippen LogP contribution in [0, 0.1) is 0 Å². The molecule has 7 aliphatic rings. The number of aliphatic hydroxyl groups excluding tert-OH is 1.